The van der Waals surface area contributed by atoms with Crippen molar-refractivity contribution in [3.63, 3.8) is 0 Å². The molecule has 2 aromatic carbocycles. The number of carbonyl (C=O) groups excluding carboxylic acids is 1. The van der Waals surface area contributed by atoms with Crippen molar-refractivity contribution in [2.45, 2.75) is 47.6 Å². The monoisotopic (exact) mass is 413 g/mol. The third kappa shape index (κ3) is 5.96. The van der Waals surface area contributed by atoms with E-state index in [2.05, 4.69) is 17.2 Å². The lowest BCUT2D eigenvalue weighted by Gasteiger charge is -2.28. The highest BCUT2D eigenvalue weighted by Crippen LogP contribution is 2.31. The van der Waals surface area contributed by atoms with E-state index in [1.165, 1.54) is 24.3 Å². The van der Waals surface area contributed by atoms with Gasteiger partial charge in [0.25, 0.3) is 5.91 Å². The van der Waals surface area contributed by atoms with Gasteiger partial charge in [0, 0.05) is 10.8 Å². The molecule has 0 radical (unpaired) electrons. The van der Waals surface area contributed by atoms with Gasteiger partial charge in [0.05, 0.1) is 5.56 Å². The number of amides is 1. The zero-order valence-electron chi connectivity index (χ0n) is 18.2. The largest absolute Gasteiger partial charge is 0.480 e. The molecule has 0 heterocycles. The standard InChI is InChI=1S/C24H28FNO4/c1-23(2,3)12-7-13-30-19-17-11-9-16(25)14-15(17)8-10-18(19)21(27)26-20(22(28)29)24(4,5)6/h8-11,14,20H,13H2,1-6H3,(H,26,27)(H,28,29). The number of rotatable bonds is 5. The first-order chi connectivity index (χ1) is 13.8. The minimum atomic E-state index is -1.13. The van der Waals surface area contributed by atoms with Gasteiger partial charge in [0.15, 0.2) is 0 Å². The molecule has 6 heteroatoms. The Hall–Kier alpha value is -3.07. The van der Waals surface area contributed by atoms with Crippen LogP contribution in [0, 0.1) is 28.5 Å². The molecule has 1 atom stereocenters. The van der Waals surface area contributed by atoms with Gasteiger partial charge < -0.3 is 15.2 Å². The first-order valence-corrected chi connectivity index (χ1v) is 9.68. The van der Waals surface area contributed by atoms with E-state index in [0.717, 1.165) is 0 Å². The van der Waals surface area contributed by atoms with Crippen LogP contribution in [0.3, 0.4) is 0 Å². The minimum Gasteiger partial charge on any atom is -0.480 e. The number of ether oxygens (including phenoxy) is 1. The fourth-order valence-electron chi connectivity index (χ4n) is 2.87. The maximum absolute atomic E-state index is 13.6. The van der Waals surface area contributed by atoms with Crippen molar-refractivity contribution in [2.75, 3.05) is 6.61 Å². The molecule has 1 amide bonds. The predicted octanol–water partition coefficient (Wildman–Crippen LogP) is 4.64. The highest BCUT2D eigenvalue weighted by atomic mass is 19.1. The Labute approximate surface area is 176 Å². The zero-order chi connectivity index (χ0) is 22.7. The number of carbonyl (C=O) groups is 2. The summed E-state index contributed by atoms with van der Waals surface area (Å²) in [4.78, 5) is 24.6. The van der Waals surface area contributed by atoms with Gasteiger partial charge in [-0.3, -0.25) is 4.79 Å². The van der Waals surface area contributed by atoms with Crippen LogP contribution in [0.2, 0.25) is 0 Å². The van der Waals surface area contributed by atoms with Gasteiger partial charge in [-0.25, -0.2) is 9.18 Å². The number of nitrogens with one attached hydrogen (secondary N) is 1. The molecule has 2 rings (SSSR count). The number of carboxylic acids is 1. The molecule has 30 heavy (non-hydrogen) atoms. The summed E-state index contributed by atoms with van der Waals surface area (Å²) >= 11 is 0. The Morgan fingerprint density at radius 1 is 1.13 bits per heavy atom. The Morgan fingerprint density at radius 3 is 2.37 bits per heavy atom. The first kappa shape index (κ1) is 23.2. The SMILES string of the molecule is CC(C)(C)C#CCOc1c(C(=O)NC(C(=O)O)C(C)(C)C)ccc2cc(F)ccc12. The number of aliphatic carboxylic acids is 1. The molecule has 0 aromatic heterocycles. The highest BCUT2D eigenvalue weighted by molar-refractivity contribution is 6.05. The number of halogens is 1. The summed E-state index contributed by atoms with van der Waals surface area (Å²) in [5, 5.41) is 13.2. The molecule has 160 valence electrons. The molecule has 0 aliphatic heterocycles. The van der Waals surface area contributed by atoms with E-state index < -0.39 is 29.2 Å². The lowest BCUT2D eigenvalue weighted by Crippen LogP contribution is -2.49. The average molecular weight is 413 g/mol. The van der Waals surface area contributed by atoms with Crippen molar-refractivity contribution < 1.29 is 23.8 Å². The quantitative estimate of drug-likeness (QED) is 0.701. The van der Waals surface area contributed by atoms with Gasteiger partial charge in [-0.1, -0.05) is 38.7 Å². The Kier molecular flexibility index (Phi) is 6.77. The molecule has 0 spiro atoms. The summed E-state index contributed by atoms with van der Waals surface area (Å²) < 4.78 is 19.5. The predicted molar refractivity (Wildman–Crippen MR) is 115 cm³/mol. The van der Waals surface area contributed by atoms with Crippen molar-refractivity contribution in [1.29, 1.82) is 0 Å². The lowest BCUT2D eigenvalue weighted by atomic mass is 9.86. The van der Waals surface area contributed by atoms with Crippen LogP contribution in [0.1, 0.15) is 51.9 Å². The topological polar surface area (TPSA) is 75.6 Å². The minimum absolute atomic E-state index is 0.0374. The summed E-state index contributed by atoms with van der Waals surface area (Å²) in [7, 11) is 0. The molecule has 2 aromatic rings. The number of benzene rings is 2. The van der Waals surface area contributed by atoms with E-state index in [1.54, 1.807) is 26.8 Å². The maximum Gasteiger partial charge on any atom is 0.326 e. The van der Waals surface area contributed by atoms with Gasteiger partial charge in [0.2, 0.25) is 0 Å². The second-order valence-electron chi connectivity index (χ2n) is 9.26. The fourth-order valence-corrected chi connectivity index (χ4v) is 2.87. The van der Waals surface area contributed by atoms with E-state index >= 15 is 0 Å². The van der Waals surface area contributed by atoms with Gasteiger partial charge in [-0.15, -0.1) is 0 Å². The second-order valence-corrected chi connectivity index (χ2v) is 9.26. The van der Waals surface area contributed by atoms with E-state index in [9.17, 15) is 19.1 Å². The van der Waals surface area contributed by atoms with Crippen LogP contribution in [-0.4, -0.2) is 29.6 Å². The number of hydrogen-bond acceptors (Lipinski definition) is 3. The smallest absolute Gasteiger partial charge is 0.326 e. The van der Waals surface area contributed by atoms with Crippen LogP contribution in [0.4, 0.5) is 4.39 Å². The molecule has 0 aliphatic rings. The first-order valence-electron chi connectivity index (χ1n) is 9.68. The van der Waals surface area contributed by atoms with Crippen LogP contribution in [0.15, 0.2) is 30.3 Å². The van der Waals surface area contributed by atoms with Crippen molar-refractivity contribution in [3.8, 4) is 17.6 Å². The van der Waals surface area contributed by atoms with Crippen molar-refractivity contribution >= 4 is 22.6 Å². The molecule has 0 saturated heterocycles. The molecule has 2 N–H and O–H groups in total. The van der Waals surface area contributed by atoms with Crippen LogP contribution in [-0.2, 0) is 4.79 Å². The Bertz CT molecular complexity index is 1020. The second kappa shape index (κ2) is 8.74. The average Bonchev–Trinajstić information content (AvgIpc) is 2.60. The molecule has 0 saturated carbocycles. The van der Waals surface area contributed by atoms with Crippen LogP contribution < -0.4 is 10.1 Å². The lowest BCUT2D eigenvalue weighted by molar-refractivity contribution is -0.142. The summed E-state index contributed by atoms with van der Waals surface area (Å²) in [5.74, 6) is 4.11. The van der Waals surface area contributed by atoms with Crippen molar-refractivity contribution in [2.24, 2.45) is 10.8 Å². The summed E-state index contributed by atoms with van der Waals surface area (Å²) in [6.07, 6.45) is 0. The Balaban J connectivity index is 2.47. The number of carboxylic acid groups (broad SMARTS) is 1. The van der Waals surface area contributed by atoms with Gasteiger partial charge in [0.1, 0.15) is 24.2 Å². The van der Waals surface area contributed by atoms with Gasteiger partial charge >= 0.3 is 5.97 Å². The maximum atomic E-state index is 13.6. The number of hydrogen-bond donors (Lipinski definition) is 2. The molecule has 0 bridgehead atoms. The van der Waals surface area contributed by atoms with Crippen LogP contribution in [0.5, 0.6) is 5.75 Å². The van der Waals surface area contributed by atoms with Crippen LogP contribution >= 0.6 is 0 Å². The zero-order valence-corrected chi connectivity index (χ0v) is 18.2. The third-order valence-corrected chi connectivity index (χ3v) is 4.32. The molecule has 5 nitrogen and oxygen atoms in total. The van der Waals surface area contributed by atoms with Crippen molar-refractivity contribution in [1.82, 2.24) is 5.32 Å². The normalized spacial score (nSPS) is 12.6. The molecular weight excluding hydrogens is 385 g/mol. The third-order valence-electron chi connectivity index (χ3n) is 4.32. The molecular formula is C24H28FNO4. The van der Waals surface area contributed by atoms with Gasteiger partial charge in [-0.05, 0) is 55.8 Å². The fraction of sp³-hybridized carbons (Fsp3) is 0.417. The summed E-state index contributed by atoms with van der Waals surface area (Å²) in [6, 6.07) is 6.18. The van der Waals surface area contributed by atoms with Crippen LogP contribution in [0.25, 0.3) is 10.8 Å². The molecule has 0 aliphatic carbocycles. The Morgan fingerprint density at radius 2 is 1.80 bits per heavy atom. The molecule has 0 fully saturated rings. The molecule has 1 unspecified atom stereocenters. The van der Waals surface area contributed by atoms with E-state index in [4.69, 9.17) is 4.74 Å². The highest BCUT2D eigenvalue weighted by Gasteiger charge is 2.33. The van der Waals surface area contributed by atoms with Crippen molar-refractivity contribution in [3.05, 3.63) is 41.7 Å². The summed E-state index contributed by atoms with van der Waals surface area (Å²) in [6.45, 7) is 11.1. The van der Waals surface area contributed by atoms with E-state index in [0.29, 0.717) is 10.8 Å². The summed E-state index contributed by atoms with van der Waals surface area (Å²) in [5.41, 5.74) is -0.727. The van der Waals surface area contributed by atoms with Gasteiger partial charge in [-0.2, -0.15) is 0 Å². The van der Waals surface area contributed by atoms with E-state index in [1.807, 2.05) is 20.8 Å². The number of fused-ring (bicyclic) bond motifs is 1. The van der Waals surface area contributed by atoms with E-state index in [-0.39, 0.29) is 23.3 Å².